The fourth-order valence-electron chi connectivity index (χ4n) is 2.58. The van der Waals surface area contributed by atoms with Crippen LogP contribution in [0.5, 0.6) is 5.75 Å². The number of nitrogens with zero attached hydrogens (tertiary/aromatic N) is 1. The van der Waals surface area contributed by atoms with E-state index in [1.807, 2.05) is 54.7 Å². The summed E-state index contributed by atoms with van der Waals surface area (Å²) in [5, 5.41) is 0.713. The van der Waals surface area contributed by atoms with Gasteiger partial charge < -0.3 is 4.74 Å². The molecule has 0 atom stereocenters. The van der Waals surface area contributed by atoms with Crippen molar-refractivity contribution in [1.82, 2.24) is 0 Å². The maximum atomic E-state index is 6.09. The molecule has 3 aromatic carbocycles. The van der Waals surface area contributed by atoms with Crippen molar-refractivity contribution in [3.63, 3.8) is 0 Å². The van der Waals surface area contributed by atoms with Gasteiger partial charge in [0.15, 0.2) is 0 Å². The van der Waals surface area contributed by atoms with Crippen LogP contribution in [0.25, 0.3) is 0 Å². The van der Waals surface area contributed by atoms with Crippen molar-refractivity contribution in [2.24, 2.45) is 4.99 Å². The van der Waals surface area contributed by atoms with E-state index in [9.17, 15) is 0 Å². The van der Waals surface area contributed by atoms with Crippen LogP contribution in [-0.4, -0.2) is 6.21 Å². The van der Waals surface area contributed by atoms with Crippen molar-refractivity contribution < 1.29 is 4.74 Å². The summed E-state index contributed by atoms with van der Waals surface area (Å²) in [5.74, 6) is 0.752. The van der Waals surface area contributed by atoms with E-state index in [4.69, 9.17) is 16.3 Å². The minimum absolute atomic E-state index is 0.446. The Balaban J connectivity index is 1.89. The van der Waals surface area contributed by atoms with Gasteiger partial charge >= 0.3 is 0 Å². The standard InChI is InChI=1S/C22H18Br2ClNO/c1-14-4-3-5-21(15(14)2)26-12-17-10-18(23)11-20(24)22(17)27-13-16-6-8-19(25)9-7-16/h3-12H,13H2,1-2H3. The SMILES string of the molecule is Cc1cccc(N=Cc2cc(Br)cc(Br)c2OCc2ccc(Cl)cc2)c1C. The van der Waals surface area contributed by atoms with E-state index in [2.05, 4.69) is 56.8 Å². The summed E-state index contributed by atoms with van der Waals surface area (Å²) in [6, 6.07) is 17.7. The molecule has 0 aromatic heterocycles. The molecule has 0 aliphatic carbocycles. The predicted octanol–water partition coefficient (Wildman–Crippen LogP) is 7.81. The first-order chi connectivity index (χ1) is 12.9. The van der Waals surface area contributed by atoms with Crippen LogP contribution >= 0.6 is 43.5 Å². The largest absolute Gasteiger partial charge is 0.487 e. The van der Waals surface area contributed by atoms with Gasteiger partial charge in [-0.3, -0.25) is 4.99 Å². The van der Waals surface area contributed by atoms with Crippen molar-refractivity contribution >= 4 is 55.4 Å². The Bertz CT molecular complexity index is 984. The van der Waals surface area contributed by atoms with Crippen LogP contribution in [0.3, 0.4) is 0 Å². The summed E-state index contributed by atoms with van der Waals surface area (Å²) in [6.07, 6.45) is 1.84. The highest BCUT2D eigenvalue weighted by Crippen LogP contribution is 2.33. The van der Waals surface area contributed by atoms with Crippen molar-refractivity contribution in [3.05, 3.63) is 90.8 Å². The van der Waals surface area contributed by atoms with Gasteiger partial charge in [-0.05, 0) is 76.8 Å². The number of ether oxygens (including phenoxy) is 1. The molecule has 0 unspecified atom stereocenters. The highest BCUT2D eigenvalue weighted by atomic mass is 79.9. The van der Waals surface area contributed by atoms with Gasteiger partial charge in [0.2, 0.25) is 0 Å². The third kappa shape index (κ3) is 5.22. The molecule has 0 bridgehead atoms. The summed E-state index contributed by atoms with van der Waals surface area (Å²) in [7, 11) is 0. The Kier molecular flexibility index (Phi) is 6.74. The molecule has 0 saturated heterocycles. The van der Waals surface area contributed by atoms with Crippen LogP contribution in [-0.2, 0) is 6.61 Å². The topological polar surface area (TPSA) is 21.6 Å². The molecule has 0 aliphatic rings. The average molecular weight is 508 g/mol. The minimum atomic E-state index is 0.446. The van der Waals surface area contributed by atoms with Crippen molar-refractivity contribution in [2.45, 2.75) is 20.5 Å². The van der Waals surface area contributed by atoms with Crippen LogP contribution in [0.2, 0.25) is 5.02 Å². The van der Waals surface area contributed by atoms with Crippen molar-refractivity contribution in [3.8, 4) is 5.75 Å². The Morgan fingerprint density at radius 1 is 1.04 bits per heavy atom. The van der Waals surface area contributed by atoms with Gasteiger partial charge in [0.05, 0.1) is 10.2 Å². The molecule has 5 heteroatoms. The molecule has 0 spiro atoms. The zero-order valence-corrected chi connectivity index (χ0v) is 18.9. The maximum Gasteiger partial charge on any atom is 0.142 e. The lowest BCUT2D eigenvalue weighted by molar-refractivity contribution is 0.304. The molecule has 3 rings (SSSR count). The minimum Gasteiger partial charge on any atom is -0.487 e. The number of aliphatic imine (C=N–C) groups is 1. The van der Waals surface area contributed by atoms with E-state index >= 15 is 0 Å². The van der Waals surface area contributed by atoms with E-state index in [-0.39, 0.29) is 0 Å². The van der Waals surface area contributed by atoms with Gasteiger partial charge in [-0.2, -0.15) is 0 Å². The van der Waals surface area contributed by atoms with Crippen LogP contribution in [0.1, 0.15) is 22.3 Å². The second-order valence-corrected chi connectivity index (χ2v) is 8.40. The summed E-state index contributed by atoms with van der Waals surface area (Å²) < 4.78 is 7.91. The summed E-state index contributed by atoms with van der Waals surface area (Å²) in [5.41, 5.74) is 5.29. The number of benzene rings is 3. The summed E-state index contributed by atoms with van der Waals surface area (Å²) >= 11 is 13.1. The molecule has 0 amide bonds. The first-order valence-corrected chi connectivity index (χ1v) is 10.4. The quantitative estimate of drug-likeness (QED) is 0.323. The molecule has 0 N–H and O–H groups in total. The smallest absolute Gasteiger partial charge is 0.142 e. The van der Waals surface area contributed by atoms with Crippen molar-refractivity contribution in [1.29, 1.82) is 0 Å². The second-order valence-electron chi connectivity index (χ2n) is 6.20. The molecular formula is C22H18Br2ClNO. The van der Waals surface area contributed by atoms with Gasteiger partial charge in [0.1, 0.15) is 12.4 Å². The number of hydrogen-bond donors (Lipinski definition) is 0. The van der Waals surface area contributed by atoms with Crippen LogP contribution < -0.4 is 4.74 Å². The van der Waals surface area contributed by atoms with Gasteiger partial charge in [-0.25, -0.2) is 0 Å². The molecule has 0 saturated carbocycles. The molecule has 0 fully saturated rings. The molecule has 3 aromatic rings. The first kappa shape index (κ1) is 20.1. The monoisotopic (exact) mass is 505 g/mol. The zero-order chi connectivity index (χ0) is 19.4. The van der Waals surface area contributed by atoms with Gasteiger partial charge in [0.25, 0.3) is 0 Å². The number of rotatable bonds is 5. The Hall–Kier alpha value is -1.62. The predicted molar refractivity (Wildman–Crippen MR) is 121 cm³/mol. The fraction of sp³-hybridized carbons (Fsp3) is 0.136. The van der Waals surface area contributed by atoms with Gasteiger partial charge in [-0.15, -0.1) is 0 Å². The highest BCUT2D eigenvalue weighted by Gasteiger charge is 2.10. The first-order valence-electron chi connectivity index (χ1n) is 8.40. The second kappa shape index (κ2) is 9.05. The van der Waals surface area contributed by atoms with Gasteiger partial charge in [0, 0.05) is 21.3 Å². The third-order valence-electron chi connectivity index (χ3n) is 4.25. The van der Waals surface area contributed by atoms with Crippen LogP contribution in [0, 0.1) is 13.8 Å². The van der Waals surface area contributed by atoms with Crippen molar-refractivity contribution in [2.75, 3.05) is 0 Å². The molecule has 27 heavy (non-hydrogen) atoms. The molecule has 138 valence electrons. The van der Waals surface area contributed by atoms with E-state index in [1.165, 1.54) is 11.1 Å². The summed E-state index contributed by atoms with van der Waals surface area (Å²) in [4.78, 5) is 4.68. The Morgan fingerprint density at radius 2 is 1.78 bits per heavy atom. The normalized spacial score (nSPS) is 11.1. The number of hydrogen-bond acceptors (Lipinski definition) is 2. The number of halogens is 3. The Morgan fingerprint density at radius 3 is 2.52 bits per heavy atom. The lowest BCUT2D eigenvalue weighted by Gasteiger charge is -2.12. The Labute approximate surface area is 181 Å². The van der Waals surface area contributed by atoms with Crippen LogP contribution in [0.4, 0.5) is 5.69 Å². The van der Waals surface area contributed by atoms with Crippen LogP contribution in [0.15, 0.2) is 68.5 Å². The molecule has 2 nitrogen and oxygen atoms in total. The maximum absolute atomic E-state index is 6.09. The lowest BCUT2D eigenvalue weighted by Crippen LogP contribution is -1.99. The fourth-order valence-corrected chi connectivity index (χ4v) is 4.08. The molecule has 0 aliphatic heterocycles. The molecule has 0 heterocycles. The third-order valence-corrected chi connectivity index (χ3v) is 5.55. The highest BCUT2D eigenvalue weighted by molar-refractivity contribution is 9.11. The van der Waals surface area contributed by atoms with E-state index in [0.717, 1.165) is 31.5 Å². The molecular weight excluding hydrogens is 490 g/mol. The van der Waals surface area contributed by atoms with E-state index < -0.39 is 0 Å². The van der Waals surface area contributed by atoms with Gasteiger partial charge in [-0.1, -0.05) is 51.8 Å². The number of aryl methyl sites for hydroxylation is 1. The zero-order valence-electron chi connectivity index (χ0n) is 15.0. The van der Waals surface area contributed by atoms with E-state index in [1.54, 1.807) is 0 Å². The lowest BCUT2D eigenvalue weighted by atomic mass is 10.1. The average Bonchev–Trinajstić information content (AvgIpc) is 2.63. The molecule has 0 radical (unpaired) electrons. The summed E-state index contributed by atoms with van der Waals surface area (Å²) in [6.45, 7) is 4.61. The van der Waals surface area contributed by atoms with E-state index in [0.29, 0.717) is 11.6 Å².